The molecule has 0 radical (unpaired) electrons. The number of aryl methyl sites for hydroxylation is 1. The van der Waals surface area contributed by atoms with Crippen molar-refractivity contribution in [2.45, 2.75) is 12.7 Å². The lowest BCUT2D eigenvalue weighted by molar-refractivity contribution is 0.102. The fourth-order valence-electron chi connectivity index (χ4n) is 3.61. The first-order valence-corrected chi connectivity index (χ1v) is 12.4. The molecule has 0 atom stereocenters. The van der Waals surface area contributed by atoms with Gasteiger partial charge >= 0.3 is 5.76 Å². The third-order valence-corrected chi connectivity index (χ3v) is 6.49. The van der Waals surface area contributed by atoms with E-state index in [2.05, 4.69) is 15.2 Å². The summed E-state index contributed by atoms with van der Waals surface area (Å²) in [4.78, 5) is 19.5. The van der Waals surface area contributed by atoms with Crippen molar-refractivity contribution < 1.29 is 26.7 Å². The maximum absolute atomic E-state index is 12.8. The Morgan fingerprint density at radius 3 is 2.51 bits per heavy atom. The predicted molar refractivity (Wildman–Crippen MR) is 129 cm³/mol. The number of rotatable bonds is 7. The van der Waals surface area contributed by atoms with Gasteiger partial charge in [-0.3, -0.25) is 9.52 Å². The molecule has 1 aliphatic rings. The van der Waals surface area contributed by atoms with Gasteiger partial charge in [-0.15, -0.1) is 0 Å². The van der Waals surface area contributed by atoms with Gasteiger partial charge in [-0.05, 0) is 43.3 Å². The Morgan fingerprint density at radius 2 is 1.86 bits per heavy atom. The summed E-state index contributed by atoms with van der Waals surface area (Å²) in [5.74, 6) is -3.48. The van der Waals surface area contributed by atoms with E-state index in [1.807, 2.05) is 19.1 Å². The molecule has 1 aromatic carbocycles. The van der Waals surface area contributed by atoms with Crippen LogP contribution < -0.4 is 14.9 Å². The molecule has 2 aromatic heterocycles. The molecule has 1 amide bonds. The summed E-state index contributed by atoms with van der Waals surface area (Å²) in [5, 5.41) is 2.65. The maximum atomic E-state index is 12.8. The van der Waals surface area contributed by atoms with Crippen molar-refractivity contribution in [3.05, 3.63) is 65.1 Å². The van der Waals surface area contributed by atoms with Crippen molar-refractivity contribution in [1.29, 1.82) is 0 Å². The number of halogens is 3. The molecule has 0 aliphatic carbocycles. The monoisotopic (exact) mass is 525 g/mol. The summed E-state index contributed by atoms with van der Waals surface area (Å²) < 4.78 is 57.1. The molecular formula is C22H22ClF2N5O4S. The quantitative estimate of drug-likeness (QED) is 0.485. The molecule has 35 heavy (non-hydrogen) atoms. The van der Waals surface area contributed by atoms with Crippen molar-refractivity contribution in [2.24, 2.45) is 0 Å². The van der Waals surface area contributed by atoms with Crippen LogP contribution in [0.4, 0.5) is 25.8 Å². The number of alkyl halides is 2. The second-order valence-corrected chi connectivity index (χ2v) is 9.89. The fraction of sp³-hybridized carbons (Fsp3) is 0.273. The second-order valence-electron chi connectivity index (χ2n) is 7.80. The number of ether oxygens (including phenoxy) is 1. The van der Waals surface area contributed by atoms with Crippen LogP contribution in [0.25, 0.3) is 5.82 Å². The molecule has 13 heteroatoms. The van der Waals surface area contributed by atoms with Crippen LogP contribution in [-0.4, -0.2) is 55.9 Å². The Balaban J connectivity index is 1.50. The molecule has 1 fully saturated rings. The number of anilines is 3. The third kappa shape index (κ3) is 5.89. The lowest BCUT2D eigenvalue weighted by atomic mass is 10.2. The molecule has 2 N–H and O–H groups in total. The van der Waals surface area contributed by atoms with Gasteiger partial charge in [-0.25, -0.2) is 13.4 Å². The first-order valence-electron chi connectivity index (χ1n) is 10.5. The zero-order valence-electron chi connectivity index (χ0n) is 18.5. The Kier molecular flexibility index (Phi) is 7.24. The summed E-state index contributed by atoms with van der Waals surface area (Å²) in [6, 6.07) is 9.20. The molecule has 0 saturated carbocycles. The summed E-state index contributed by atoms with van der Waals surface area (Å²) in [6.07, 6.45) is 3.39. The maximum Gasteiger partial charge on any atom is 0.355 e. The topological polar surface area (TPSA) is 106 Å². The van der Waals surface area contributed by atoms with Crippen LogP contribution in [0.3, 0.4) is 0 Å². The Hall–Kier alpha value is -3.22. The first-order chi connectivity index (χ1) is 16.6. The number of carbonyl (C=O) groups is 1. The lowest BCUT2D eigenvalue weighted by Gasteiger charge is -2.28. The Labute approximate surface area is 205 Å². The number of morpholine rings is 1. The highest BCUT2D eigenvalue weighted by Gasteiger charge is 2.24. The van der Waals surface area contributed by atoms with Gasteiger partial charge in [0.05, 0.1) is 36.3 Å². The smallest absolute Gasteiger partial charge is 0.355 e. The van der Waals surface area contributed by atoms with Crippen LogP contribution >= 0.6 is 11.6 Å². The molecule has 1 aliphatic heterocycles. The molecule has 186 valence electrons. The van der Waals surface area contributed by atoms with Crippen LogP contribution in [-0.2, 0) is 14.8 Å². The molecule has 4 rings (SSSR count). The van der Waals surface area contributed by atoms with Crippen LogP contribution in [0.15, 0.2) is 48.8 Å². The number of nitrogens with one attached hydrogen (secondary N) is 2. The number of hydrogen-bond donors (Lipinski definition) is 2. The van der Waals surface area contributed by atoms with Crippen molar-refractivity contribution in [1.82, 2.24) is 9.55 Å². The Morgan fingerprint density at radius 1 is 1.14 bits per heavy atom. The van der Waals surface area contributed by atoms with Crippen LogP contribution in [0.5, 0.6) is 0 Å². The van der Waals surface area contributed by atoms with Gasteiger partial charge in [0.2, 0.25) is 0 Å². The van der Waals surface area contributed by atoms with Crippen molar-refractivity contribution in [2.75, 3.05) is 41.2 Å². The molecule has 0 unspecified atom stereocenters. The number of hydrogen-bond acceptors (Lipinski definition) is 6. The minimum atomic E-state index is -4.88. The fourth-order valence-corrected chi connectivity index (χ4v) is 4.38. The zero-order valence-corrected chi connectivity index (χ0v) is 20.1. The van der Waals surface area contributed by atoms with Gasteiger partial charge in [0.15, 0.2) is 0 Å². The highest BCUT2D eigenvalue weighted by molar-refractivity contribution is 7.93. The van der Waals surface area contributed by atoms with E-state index in [4.69, 9.17) is 16.3 Å². The number of amides is 1. The summed E-state index contributed by atoms with van der Waals surface area (Å²) in [5.41, 5.74) is 1.99. The molecule has 3 aromatic rings. The van der Waals surface area contributed by atoms with E-state index >= 15 is 0 Å². The molecule has 0 spiro atoms. The minimum Gasteiger partial charge on any atom is -0.378 e. The number of nitrogens with zero attached hydrogens (tertiary/aromatic N) is 3. The van der Waals surface area contributed by atoms with E-state index < -0.39 is 21.7 Å². The van der Waals surface area contributed by atoms with E-state index in [-0.39, 0.29) is 16.4 Å². The summed E-state index contributed by atoms with van der Waals surface area (Å²) >= 11 is 5.97. The number of pyridine rings is 1. The molecule has 3 heterocycles. The van der Waals surface area contributed by atoms with Gasteiger partial charge in [0.1, 0.15) is 5.82 Å². The van der Waals surface area contributed by atoms with E-state index in [1.165, 1.54) is 12.1 Å². The predicted octanol–water partition coefficient (Wildman–Crippen LogP) is 3.89. The lowest BCUT2D eigenvalue weighted by Crippen LogP contribution is -2.36. The summed E-state index contributed by atoms with van der Waals surface area (Å²) in [7, 11) is -4.88. The highest BCUT2D eigenvalue weighted by Crippen LogP contribution is 2.25. The largest absolute Gasteiger partial charge is 0.378 e. The third-order valence-electron chi connectivity index (χ3n) is 5.28. The minimum absolute atomic E-state index is 0.0491. The number of aromatic nitrogens is 2. The van der Waals surface area contributed by atoms with Gasteiger partial charge in [-0.1, -0.05) is 11.6 Å². The SMILES string of the molecule is Cc1cc(C(=O)Nc2cc(Cl)cc(NS(=O)(=O)C(F)F)c2)cn1-c1ccc(N2CCOCC2)cn1. The van der Waals surface area contributed by atoms with Crippen molar-refractivity contribution >= 4 is 44.6 Å². The van der Waals surface area contributed by atoms with Crippen LogP contribution in [0.2, 0.25) is 5.02 Å². The average Bonchev–Trinajstić information content (AvgIpc) is 3.21. The van der Waals surface area contributed by atoms with E-state index in [1.54, 1.807) is 27.7 Å². The molecule has 0 bridgehead atoms. The average molecular weight is 526 g/mol. The zero-order chi connectivity index (χ0) is 25.2. The normalized spacial score (nSPS) is 14.3. The van der Waals surface area contributed by atoms with Crippen molar-refractivity contribution in [3.8, 4) is 5.82 Å². The second kappa shape index (κ2) is 10.2. The Bertz CT molecular complexity index is 1330. The number of benzene rings is 1. The van der Waals surface area contributed by atoms with Gasteiger partial charge in [-0.2, -0.15) is 8.78 Å². The van der Waals surface area contributed by atoms with E-state index in [9.17, 15) is 22.0 Å². The number of sulfonamides is 1. The van der Waals surface area contributed by atoms with Gasteiger partial charge < -0.3 is 19.5 Å². The molecule has 9 nitrogen and oxygen atoms in total. The van der Waals surface area contributed by atoms with Gasteiger partial charge in [0, 0.05) is 35.7 Å². The highest BCUT2D eigenvalue weighted by atomic mass is 35.5. The van der Waals surface area contributed by atoms with Crippen molar-refractivity contribution in [3.63, 3.8) is 0 Å². The molecular weight excluding hydrogens is 504 g/mol. The number of carbonyl (C=O) groups excluding carboxylic acids is 1. The standard InChI is InChI=1S/C22H22ClF2N5O4S/c1-14-8-15(13-30(14)20-3-2-19(12-26-20)29-4-6-34-7-5-29)21(31)27-17-9-16(23)10-18(11-17)28-35(32,33)22(24)25/h2-3,8-13,22,28H,4-7H2,1H3,(H,27,31). The summed E-state index contributed by atoms with van der Waals surface area (Å²) in [6.45, 7) is 4.75. The van der Waals surface area contributed by atoms with Gasteiger partial charge in [0.25, 0.3) is 15.9 Å². The first kappa shape index (κ1) is 24.9. The van der Waals surface area contributed by atoms with Crippen LogP contribution in [0, 0.1) is 6.92 Å². The van der Waals surface area contributed by atoms with E-state index in [0.717, 1.165) is 30.5 Å². The molecule has 1 saturated heterocycles. The van der Waals surface area contributed by atoms with E-state index in [0.29, 0.717) is 24.6 Å². The van der Waals surface area contributed by atoms with Crippen LogP contribution in [0.1, 0.15) is 16.1 Å².